The van der Waals surface area contributed by atoms with Crippen molar-refractivity contribution in [2.75, 3.05) is 18.1 Å². The first kappa shape index (κ1) is 11.8. The Morgan fingerprint density at radius 2 is 2.21 bits per heavy atom. The third kappa shape index (κ3) is 2.62. The number of carboxylic acid groups (broad SMARTS) is 1. The molecule has 0 saturated carbocycles. The molecule has 0 amide bonds. The molecule has 1 aliphatic rings. The van der Waals surface area contributed by atoms with Crippen molar-refractivity contribution in [3.8, 4) is 0 Å². The second kappa shape index (κ2) is 5.00. The smallest absolute Gasteiger partial charge is 0.321 e. The molecule has 1 heterocycles. The molecule has 1 rings (SSSR count). The highest BCUT2D eigenvalue weighted by Crippen LogP contribution is 2.20. The molecule has 4 nitrogen and oxygen atoms in total. The van der Waals surface area contributed by atoms with Gasteiger partial charge in [-0.25, -0.2) is 0 Å². The van der Waals surface area contributed by atoms with Crippen LogP contribution in [0, 0.1) is 0 Å². The van der Waals surface area contributed by atoms with E-state index < -0.39 is 18.1 Å². The molecule has 1 aliphatic heterocycles. The molecule has 0 aromatic heterocycles. The van der Waals surface area contributed by atoms with Crippen molar-refractivity contribution in [3.05, 3.63) is 0 Å². The fourth-order valence-corrected chi connectivity index (χ4v) is 2.66. The standard InChI is InChI=1S/C9H17NO3S/c1-6(7(2)11)10-3-4-14-5-8(10)9(12)13/h6-8,11H,3-5H2,1-2H3,(H,12,13). The van der Waals surface area contributed by atoms with Crippen LogP contribution in [0.4, 0.5) is 0 Å². The van der Waals surface area contributed by atoms with E-state index in [4.69, 9.17) is 5.11 Å². The van der Waals surface area contributed by atoms with E-state index in [2.05, 4.69) is 0 Å². The van der Waals surface area contributed by atoms with Crippen molar-refractivity contribution in [1.29, 1.82) is 0 Å². The van der Waals surface area contributed by atoms with Crippen molar-refractivity contribution in [3.63, 3.8) is 0 Å². The van der Waals surface area contributed by atoms with Gasteiger partial charge in [0.05, 0.1) is 6.10 Å². The summed E-state index contributed by atoms with van der Waals surface area (Å²) in [7, 11) is 0. The van der Waals surface area contributed by atoms with Gasteiger partial charge in [-0.3, -0.25) is 9.69 Å². The van der Waals surface area contributed by atoms with Gasteiger partial charge in [-0.2, -0.15) is 11.8 Å². The first-order valence-corrected chi connectivity index (χ1v) is 5.94. The van der Waals surface area contributed by atoms with Crippen molar-refractivity contribution >= 4 is 17.7 Å². The van der Waals surface area contributed by atoms with E-state index in [1.807, 2.05) is 11.8 Å². The summed E-state index contributed by atoms with van der Waals surface area (Å²) >= 11 is 1.66. The number of rotatable bonds is 3. The van der Waals surface area contributed by atoms with Crippen LogP contribution in [-0.4, -0.2) is 57.3 Å². The molecule has 0 aliphatic carbocycles. The average molecular weight is 219 g/mol. The summed E-state index contributed by atoms with van der Waals surface area (Å²) in [6.45, 7) is 4.32. The number of carboxylic acids is 1. The van der Waals surface area contributed by atoms with Gasteiger partial charge < -0.3 is 10.2 Å². The zero-order valence-corrected chi connectivity index (χ0v) is 9.33. The summed E-state index contributed by atoms with van der Waals surface area (Å²) < 4.78 is 0. The predicted molar refractivity (Wildman–Crippen MR) is 56.6 cm³/mol. The lowest BCUT2D eigenvalue weighted by molar-refractivity contribution is -0.144. The summed E-state index contributed by atoms with van der Waals surface area (Å²) in [5.41, 5.74) is 0. The lowest BCUT2D eigenvalue weighted by Crippen LogP contribution is -2.54. The van der Waals surface area contributed by atoms with E-state index in [0.717, 1.165) is 12.3 Å². The lowest BCUT2D eigenvalue weighted by atomic mass is 10.1. The highest BCUT2D eigenvalue weighted by molar-refractivity contribution is 7.99. The highest BCUT2D eigenvalue weighted by Gasteiger charge is 2.33. The second-order valence-electron chi connectivity index (χ2n) is 3.65. The van der Waals surface area contributed by atoms with Gasteiger partial charge in [0, 0.05) is 24.1 Å². The molecule has 0 aromatic carbocycles. The number of thioether (sulfide) groups is 1. The van der Waals surface area contributed by atoms with Crippen LogP contribution in [0.15, 0.2) is 0 Å². The number of hydrogen-bond acceptors (Lipinski definition) is 4. The fourth-order valence-electron chi connectivity index (χ4n) is 1.59. The number of aliphatic hydroxyl groups excluding tert-OH is 1. The van der Waals surface area contributed by atoms with Gasteiger partial charge in [0.15, 0.2) is 0 Å². The highest BCUT2D eigenvalue weighted by atomic mass is 32.2. The molecule has 82 valence electrons. The van der Waals surface area contributed by atoms with Crippen LogP contribution in [0.2, 0.25) is 0 Å². The SMILES string of the molecule is CC(O)C(C)N1CCSCC1C(=O)O. The van der Waals surface area contributed by atoms with Crippen LogP contribution in [0.3, 0.4) is 0 Å². The molecule has 1 fully saturated rings. The Bertz CT molecular complexity index is 210. The van der Waals surface area contributed by atoms with Crippen LogP contribution in [-0.2, 0) is 4.79 Å². The van der Waals surface area contributed by atoms with E-state index in [-0.39, 0.29) is 6.04 Å². The molecule has 3 unspecified atom stereocenters. The maximum Gasteiger partial charge on any atom is 0.321 e. The third-order valence-corrected chi connectivity index (χ3v) is 3.70. The maximum absolute atomic E-state index is 11.0. The predicted octanol–water partition coefficient (Wildman–Crippen LogP) is 0.258. The van der Waals surface area contributed by atoms with E-state index >= 15 is 0 Å². The quantitative estimate of drug-likeness (QED) is 0.713. The Morgan fingerprint density at radius 1 is 1.57 bits per heavy atom. The first-order chi connectivity index (χ1) is 6.54. The molecule has 2 N–H and O–H groups in total. The Kier molecular flexibility index (Phi) is 4.22. The van der Waals surface area contributed by atoms with Gasteiger partial charge in [0.1, 0.15) is 6.04 Å². The van der Waals surface area contributed by atoms with Crippen LogP contribution in [0.1, 0.15) is 13.8 Å². The third-order valence-electron chi connectivity index (χ3n) is 2.68. The molecule has 5 heteroatoms. The monoisotopic (exact) mass is 219 g/mol. The molecule has 0 aromatic rings. The molecule has 14 heavy (non-hydrogen) atoms. The van der Waals surface area contributed by atoms with Crippen LogP contribution < -0.4 is 0 Å². The van der Waals surface area contributed by atoms with Crippen LogP contribution >= 0.6 is 11.8 Å². The molecular formula is C9H17NO3S. The van der Waals surface area contributed by atoms with Crippen molar-refractivity contribution in [1.82, 2.24) is 4.90 Å². The van der Waals surface area contributed by atoms with E-state index in [0.29, 0.717) is 5.75 Å². The molecule has 3 atom stereocenters. The van der Waals surface area contributed by atoms with Crippen molar-refractivity contribution in [2.45, 2.75) is 32.0 Å². The van der Waals surface area contributed by atoms with E-state index in [1.54, 1.807) is 18.7 Å². The van der Waals surface area contributed by atoms with Gasteiger partial charge in [0.2, 0.25) is 0 Å². The largest absolute Gasteiger partial charge is 0.480 e. The summed E-state index contributed by atoms with van der Waals surface area (Å²) in [4.78, 5) is 12.8. The maximum atomic E-state index is 11.0. The Labute approximate surface area is 88.3 Å². The molecule has 0 spiro atoms. The van der Waals surface area contributed by atoms with Gasteiger partial charge in [-0.1, -0.05) is 0 Å². The van der Waals surface area contributed by atoms with E-state index in [1.165, 1.54) is 0 Å². The number of aliphatic hydroxyl groups is 1. The number of carbonyl (C=O) groups is 1. The number of nitrogens with zero attached hydrogens (tertiary/aromatic N) is 1. The zero-order chi connectivity index (χ0) is 10.7. The molecule has 0 radical (unpaired) electrons. The Morgan fingerprint density at radius 3 is 2.71 bits per heavy atom. The van der Waals surface area contributed by atoms with Gasteiger partial charge in [-0.15, -0.1) is 0 Å². The summed E-state index contributed by atoms with van der Waals surface area (Å²) in [5.74, 6) is 0.775. The topological polar surface area (TPSA) is 60.8 Å². The summed E-state index contributed by atoms with van der Waals surface area (Å²) in [5, 5.41) is 18.4. The van der Waals surface area contributed by atoms with Gasteiger partial charge >= 0.3 is 5.97 Å². The minimum Gasteiger partial charge on any atom is -0.480 e. The second-order valence-corrected chi connectivity index (χ2v) is 4.80. The fraction of sp³-hybridized carbons (Fsp3) is 0.889. The Balaban J connectivity index is 2.67. The van der Waals surface area contributed by atoms with Gasteiger partial charge in [-0.05, 0) is 13.8 Å². The van der Waals surface area contributed by atoms with Crippen molar-refractivity contribution in [2.24, 2.45) is 0 Å². The molecule has 1 saturated heterocycles. The first-order valence-electron chi connectivity index (χ1n) is 4.78. The van der Waals surface area contributed by atoms with Crippen LogP contribution in [0.25, 0.3) is 0 Å². The lowest BCUT2D eigenvalue weighted by Gasteiger charge is -2.38. The Hall–Kier alpha value is -0.260. The zero-order valence-electron chi connectivity index (χ0n) is 8.51. The normalized spacial score (nSPS) is 28.4. The van der Waals surface area contributed by atoms with Gasteiger partial charge in [0.25, 0.3) is 0 Å². The number of aliphatic carboxylic acids is 1. The minimum absolute atomic E-state index is 0.0861. The van der Waals surface area contributed by atoms with Crippen LogP contribution in [0.5, 0.6) is 0 Å². The molecular weight excluding hydrogens is 202 g/mol. The summed E-state index contributed by atoms with van der Waals surface area (Å²) in [6, 6.07) is -0.532. The molecule has 0 bridgehead atoms. The van der Waals surface area contributed by atoms with E-state index in [9.17, 15) is 9.90 Å². The van der Waals surface area contributed by atoms with Crippen molar-refractivity contribution < 1.29 is 15.0 Å². The number of hydrogen-bond donors (Lipinski definition) is 2. The summed E-state index contributed by atoms with van der Waals surface area (Å²) in [6.07, 6.45) is -0.486. The average Bonchev–Trinajstić information content (AvgIpc) is 2.16. The minimum atomic E-state index is -0.787.